The molecule has 2 aromatic rings. The first-order valence-electron chi connectivity index (χ1n) is 4.55. The molecule has 4 nitrogen and oxygen atoms in total. The van der Waals surface area contributed by atoms with Crippen LogP contribution >= 0.6 is 0 Å². The Balaban J connectivity index is 2.56. The molecule has 0 aromatic carbocycles. The van der Waals surface area contributed by atoms with Crippen molar-refractivity contribution < 1.29 is 9.50 Å². The highest BCUT2D eigenvalue weighted by Gasteiger charge is 2.24. The molecule has 0 fully saturated rings. The molecular weight excluding hydrogens is 199 g/mol. The Morgan fingerprint density at radius 2 is 2.33 bits per heavy atom. The summed E-state index contributed by atoms with van der Waals surface area (Å²) >= 11 is 0. The zero-order chi connectivity index (χ0) is 10.6. The highest BCUT2D eigenvalue weighted by atomic mass is 19.1. The molecule has 0 saturated carbocycles. The van der Waals surface area contributed by atoms with E-state index in [9.17, 15) is 14.3 Å². The van der Waals surface area contributed by atoms with E-state index in [1.807, 2.05) is 0 Å². The van der Waals surface area contributed by atoms with Crippen molar-refractivity contribution in [3.63, 3.8) is 0 Å². The molecular formula is C10H7FN2O2. The highest BCUT2D eigenvalue weighted by Crippen LogP contribution is 2.29. The molecule has 1 aliphatic rings. The maximum Gasteiger partial charge on any atom is 0.251 e. The second-order valence-corrected chi connectivity index (χ2v) is 3.57. The van der Waals surface area contributed by atoms with Crippen molar-refractivity contribution in [2.24, 2.45) is 0 Å². The number of aliphatic hydroxyl groups is 1. The molecule has 0 radical (unpaired) electrons. The van der Waals surface area contributed by atoms with Gasteiger partial charge in [-0.25, -0.2) is 4.98 Å². The average Bonchev–Trinajstić information content (AvgIpc) is 2.52. The molecule has 5 heteroatoms. The Morgan fingerprint density at radius 3 is 3.13 bits per heavy atom. The maximum absolute atomic E-state index is 13.1. The average molecular weight is 206 g/mol. The van der Waals surface area contributed by atoms with Gasteiger partial charge in [-0.1, -0.05) is 0 Å². The highest BCUT2D eigenvalue weighted by molar-refractivity contribution is 5.80. The summed E-state index contributed by atoms with van der Waals surface area (Å²) < 4.78 is 14.5. The lowest BCUT2D eigenvalue weighted by molar-refractivity contribution is 0.168. The molecule has 3 heterocycles. The van der Waals surface area contributed by atoms with Crippen LogP contribution in [-0.2, 0) is 6.54 Å². The summed E-state index contributed by atoms with van der Waals surface area (Å²) in [6.07, 6.45) is -0.819. The van der Waals surface area contributed by atoms with Gasteiger partial charge in [0.25, 0.3) is 5.56 Å². The molecule has 0 aliphatic carbocycles. The predicted molar refractivity (Wildman–Crippen MR) is 50.9 cm³/mol. The summed E-state index contributed by atoms with van der Waals surface area (Å²) in [5.41, 5.74) is 1.18. The fourth-order valence-corrected chi connectivity index (χ4v) is 2.01. The van der Waals surface area contributed by atoms with Crippen LogP contribution in [0.5, 0.6) is 0 Å². The van der Waals surface area contributed by atoms with Gasteiger partial charge in [0.15, 0.2) is 0 Å². The van der Waals surface area contributed by atoms with Crippen molar-refractivity contribution in [3.8, 4) is 0 Å². The molecule has 1 unspecified atom stereocenters. The zero-order valence-corrected chi connectivity index (χ0v) is 7.64. The summed E-state index contributed by atoms with van der Waals surface area (Å²) in [4.78, 5) is 15.1. The van der Waals surface area contributed by atoms with Crippen LogP contribution in [0.3, 0.4) is 0 Å². The van der Waals surface area contributed by atoms with Crippen LogP contribution in [0.2, 0.25) is 0 Å². The molecule has 0 amide bonds. The van der Waals surface area contributed by atoms with E-state index in [2.05, 4.69) is 4.98 Å². The van der Waals surface area contributed by atoms with Crippen LogP contribution in [0.4, 0.5) is 4.39 Å². The second-order valence-electron chi connectivity index (χ2n) is 3.57. The van der Waals surface area contributed by atoms with E-state index < -0.39 is 12.1 Å². The van der Waals surface area contributed by atoms with E-state index in [-0.39, 0.29) is 12.1 Å². The van der Waals surface area contributed by atoms with Crippen LogP contribution < -0.4 is 5.56 Å². The molecule has 0 bridgehead atoms. The first-order valence-corrected chi connectivity index (χ1v) is 4.55. The van der Waals surface area contributed by atoms with Gasteiger partial charge in [0.2, 0.25) is 5.95 Å². The van der Waals surface area contributed by atoms with Gasteiger partial charge in [0.05, 0.1) is 23.7 Å². The number of rotatable bonds is 0. The van der Waals surface area contributed by atoms with Gasteiger partial charge in [-0.15, -0.1) is 0 Å². The largest absolute Gasteiger partial charge is 0.386 e. The lowest BCUT2D eigenvalue weighted by Gasteiger charge is -2.01. The van der Waals surface area contributed by atoms with Crippen LogP contribution in [0.25, 0.3) is 11.0 Å². The zero-order valence-electron chi connectivity index (χ0n) is 7.64. The van der Waals surface area contributed by atoms with Gasteiger partial charge in [0, 0.05) is 17.7 Å². The molecule has 0 spiro atoms. The number of aliphatic hydroxyl groups excluding tert-OH is 1. The molecule has 1 atom stereocenters. The predicted octanol–water partition coefficient (Wildman–Crippen LogP) is 0.583. The number of pyridine rings is 2. The van der Waals surface area contributed by atoms with Crippen LogP contribution in [0.15, 0.2) is 23.0 Å². The van der Waals surface area contributed by atoms with Crippen molar-refractivity contribution in [2.45, 2.75) is 12.6 Å². The topological polar surface area (TPSA) is 55.1 Å². The number of hydrogen-bond donors (Lipinski definition) is 1. The van der Waals surface area contributed by atoms with Crippen molar-refractivity contribution >= 4 is 11.0 Å². The summed E-state index contributed by atoms with van der Waals surface area (Å²) in [7, 11) is 0. The van der Waals surface area contributed by atoms with E-state index in [1.54, 1.807) is 0 Å². The Hall–Kier alpha value is -1.75. The Morgan fingerprint density at radius 1 is 1.53 bits per heavy atom. The summed E-state index contributed by atoms with van der Waals surface area (Å²) in [6.45, 7) is 0.177. The van der Waals surface area contributed by atoms with Crippen molar-refractivity contribution in [1.29, 1.82) is 0 Å². The van der Waals surface area contributed by atoms with Crippen molar-refractivity contribution in [1.82, 2.24) is 9.55 Å². The number of nitrogens with zero attached hydrogens (tertiary/aromatic N) is 2. The normalized spacial score (nSPS) is 18.7. The van der Waals surface area contributed by atoms with E-state index in [0.29, 0.717) is 16.6 Å². The van der Waals surface area contributed by atoms with Crippen molar-refractivity contribution in [3.05, 3.63) is 40.1 Å². The van der Waals surface area contributed by atoms with Gasteiger partial charge in [0.1, 0.15) is 0 Å². The number of hydrogen-bond acceptors (Lipinski definition) is 3. The SMILES string of the molecule is O=c1ccc2nc(F)cc3c2n1CC3O. The van der Waals surface area contributed by atoms with Gasteiger partial charge in [-0.3, -0.25) is 4.79 Å². The van der Waals surface area contributed by atoms with Gasteiger partial charge in [-0.2, -0.15) is 4.39 Å². The van der Waals surface area contributed by atoms with Crippen LogP contribution in [0, 0.1) is 5.95 Å². The minimum atomic E-state index is -0.819. The van der Waals surface area contributed by atoms with Crippen LogP contribution in [-0.4, -0.2) is 14.7 Å². The third-order valence-corrected chi connectivity index (χ3v) is 2.65. The number of halogens is 1. The van der Waals surface area contributed by atoms with E-state index in [1.165, 1.54) is 22.8 Å². The third-order valence-electron chi connectivity index (χ3n) is 2.65. The monoisotopic (exact) mass is 206 g/mol. The van der Waals surface area contributed by atoms with E-state index in [4.69, 9.17) is 0 Å². The lowest BCUT2D eigenvalue weighted by atomic mass is 10.1. The molecule has 1 aliphatic heterocycles. The van der Waals surface area contributed by atoms with Gasteiger partial charge >= 0.3 is 0 Å². The third kappa shape index (κ3) is 1.04. The molecule has 2 aromatic heterocycles. The quantitative estimate of drug-likeness (QED) is 0.641. The van der Waals surface area contributed by atoms with Gasteiger partial charge in [-0.05, 0) is 6.07 Å². The van der Waals surface area contributed by atoms with Gasteiger partial charge < -0.3 is 9.67 Å². The van der Waals surface area contributed by atoms with Crippen molar-refractivity contribution in [2.75, 3.05) is 0 Å². The standard InChI is InChI=1S/C10H7FN2O2/c11-8-3-5-7(14)4-13-9(15)2-1-6(12-8)10(5)13/h1-3,7,14H,4H2. The van der Waals surface area contributed by atoms with Crippen LogP contribution in [0.1, 0.15) is 11.7 Å². The Kier molecular flexibility index (Phi) is 1.50. The fourth-order valence-electron chi connectivity index (χ4n) is 2.01. The fraction of sp³-hybridized carbons (Fsp3) is 0.200. The second kappa shape index (κ2) is 2.64. The molecule has 15 heavy (non-hydrogen) atoms. The Labute approximate surface area is 83.6 Å². The summed E-state index contributed by atoms with van der Waals surface area (Å²) in [5.74, 6) is -0.636. The molecule has 76 valence electrons. The first kappa shape index (κ1) is 8.55. The number of aromatic nitrogens is 2. The maximum atomic E-state index is 13.1. The molecule has 1 N–H and O–H groups in total. The smallest absolute Gasteiger partial charge is 0.251 e. The molecule has 3 rings (SSSR count). The molecule has 0 saturated heterocycles. The summed E-state index contributed by atoms with van der Waals surface area (Å²) in [6, 6.07) is 3.98. The first-order chi connectivity index (χ1) is 7.16. The van der Waals surface area contributed by atoms with E-state index in [0.717, 1.165) is 0 Å². The minimum absolute atomic E-state index is 0.177. The minimum Gasteiger partial charge on any atom is -0.386 e. The summed E-state index contributed by atoms with van der Waals surface area (Å²) in [5, 5.41) is 9.66. The Bertz CT molecular complexity index is 621. The lowest BCUT2D eigenvalue weighted by Crippen LogP contribution is -2.17. The van der Waals surface area contributed by atoms with E-state index >= 15 is 0 Å².